The van der Waals surface area contributed by atoms with Gasteiger partial charge in [-0.3, -0.25) is 9.69 Å². The van der Waals surface area contributed by atoms with Crippen LogP contribution >= 0.6 is 23.1 Å². The summed E-state index contributed by atoms with van der Waals surface area (Å²) < 4.78 is 5.05. The van der Waals surface area contributed by atoms with Crippen molar-refractivity contribution in [2.45, 2.75) is 24.4 Å². The third kappa shape index (κ3) is 4.69. The zero-order valence-corrected chi connectivity index (χ0v) is 19.1. The van der Waals surface area contributed by atoms with Crippen molar-refractivity contribution in [3.63, 3.8) is 0 Å². The Balaban J connectivity index is 1.60. The first-order valence-electron chi connectivity index (χ1n) is 10.0. The number of rotatable bonds is 6. The molecule has 0 unspecified atom stereocenters. The van der Waals surface area contributed by atoms with Crippen LogP contribution in [0.25, 0.3) is 0 Å². The standard InChI is InChI=1S/C24H24N2O3S2/c1-29-24(28)21-17-12-13-26(14-16-8-4-3-5-9-16)15-20(17)31-23(21)25-22(27)18-10-6-7-11-19(18)30-2/h3-11H,12-15H2,1-2H3,(H,25,27). The maximum absolute atomic E-state index is 13.0. The molecule has 4 rings (SSSR count). The molecule has 0 fully saturated rings. The van der Waals surface area contributed by atoms with Crippen molar-refractivity contribution in [1.29, 1.82) is 0 Å². The zero-order chi connectivity index (χ0) is 21.8. The van der Waals surface area contributed by atoms with Gasteiger partial charge in [-0.1, -0.05) is 42.5 Å². The molecule has 0 saturated carbocycles. The molecule has 1 aromatic heterocycles. The lowest BCUT2D eigenvalue weighted by Crippen LogP contribution is -2.29. The van der Waals surface area contributed by atoms with Gasteiger partial charge in [0.1, 0.15) is 5.00 Å². The number of carbonyl (C=O) groups excluding carboxylic acids is 2. The summed E-state index contributed by atoms with van der Waals surface area (Å²) in [7, 11) is 1.38. The van der Waals surface area contributed by atoms with E-state index < -0.39 is 5.97 Å². The summed E-state index contributed by atoms with van der Waals surface area (Å²) in [5.41, 5.74) is 3.35. The number of carbonyl (C=O) groups is 2. The van der Waals surface area contributed by atoms with Crippen LogP contribution in [0.3, 0.4) is 0 Å². The van der Waals surface area contributed by atoms with Gasteiger partial charge in [0, 0.05) is 29.4 Å². The molecule has 0 bridgehead atoms. The van der Waals surface area contributed by atoms with Crippen LogP contribution in [0.2, 0.25) is 0 Å². The molecule has 1 N–H and O–H groups in total. The molecule has 0 atom stereocenters. The van der Waals surface area contributed by atoms with Gasteiger partial charge in [0.25, 0.3) is 5.91 Å². The number of nitrogens with zero attached hydrogens (tertiary/aromatic N) is 1. The third-order valence-corrected chi connectivity index (χ3v) is 7.28. The molecule has 0 spiro atoms. The molecule has 1 aliphatic rings. The van der Waals surface area contributed by atoms with E-state index >= 15 is 0 Å². The van der Waals surface area contributed by atoms with Crippen LogP contribution in [-0.2, 0) is 24.2 Å². The van der Waals surface area contributed by atoms with Crippen LogP contribution in [0.4, 0.5) is 5.00 Å². The minimum Gasteiger partial charge on any atom is -0.465 e. The largest absolute Gasteiger partial charge is 0.465 e. The topological polar surface area (TPSA) is 58.6 Å². The average molecular weight is 453 g/mol. The number of hydrogen-bond donors (Lipinski definition) is 1. The highest BCUT2D eigenvalue weighted by Crippen LogP contribution is 2.38. The first-order valence-corrected chi connectivity index (χ1v) is 12.1. The predicted molar refractivity (Wildman–Crippen MR) is 126 cm³/mol. The van der Waals surface area contributed by atoms with Crippen molar-refractivity contribution < 1.29 is 14.3 Å². The summed E-state index contributed by atoms with van der Waals surface area (Å²) in [4.78, 5) is 30.0. The summed E-state index contributed by atoms with van der Waals surface area (Å²) >= 11 is 3.00. The normalized spacial score (nSPS) is 13.5. The van der Waals surface area contributed by atoms with Crippen molar-refractivity contribution in [2.75, 3.05) is 25.2 Å². The second-order valence-corrected chi connectivity index (χ2v) is 9.25. The molecule has 1 amide bonds. The average Bonchev–Trinajstić information content (AvgIpc) is 3.16. The summed E-state index contributed by atoms with van der Waals surface area (Å²) in [5.74, 6) is -0.614. The molecule has 0 radical (unpaired) electrons. The van der Waals surface area contributed by atoms with Crippen LogP contribution in [0.15, 0.2) is 59.5 Å². The first kappa shape index (κ1) is 21.6. The van der Waals surface area contributed by atoms with Crippen LogP contribution < -0.4 is 5.32 Å². The van der Waals surface area contributed by atoms with E-state index in [4.69, 9.17) is 4.74 Å². The lowest BCUT2D eigenvalue weighted by molar-refractivity contribution is 0.0600. The molecule has 3 aromatic rings. The number of ether oxygens (including phenoxy) is 1. The number of methoxy groups -OCH3 is 1. The van der Waals surface area contributed by atoms with Gasteiger partial charge in [-0.05, 0) is 35.9 Å². The lowest BCUT2D eigenvalue weighted by atomic mass is 10.0. The highest BCUT2D eigenvalue weighted by atomic mass is 32.2. The lowest BCUT2D eigenvalue weighted by Gasteiger charge is -2.27. The van der Waals surface area contributed by atoms with Gasteiger partial charge in [0.2, 0.25) is 0 Å². The fourth-order valence-corrected chi connectivity index (χ4v) is 5.71. The zero-order valence-electron chi connectivity index (χ0n) is 17.5. The number of fused-ring (bicyclic) bond motifs is 1. The molecule has 0 aliphatic carbocycles. The van der Waals surface area contributed by atoms with Gasteiger partial charge in [0.05, 0.1) is 18.2 Å². The van der Waals surface area contributed by atoms with E-state index in [1.54, 1.807) is 6.07 Å². The number of amides is 1. The summed E-state index contributed by atoms with van der Waals surface area (Å²) in [6.07, 6.45) is 2.69. The number of thioether (sulfide) groups is 1. The summed E-state index contributed by atoms with van der Waals surface area (Å²) in [6, 6.07) is 17.8. The van der Waals surface area contributed by atoms with Crippen molar-refractivity contribution in [3.8, 4) is 0 Å². The number of hydrogen-bond acceptors (Lipinski definition) is 6. The second-order valence-electron chi connectivity index (χ2n) is 7.30. The number of thiophene rings is 1. The van der Waals surface area contributed by atoms with Crippen LogP contribution in [0, 0.1) is 0 Å². The van der Waals surface area contributed by atoms with E-state index in [9.17, 15) is 9.59 Å². The van der Waals surface area contributed by atoms with Gasteiger partial charge in [-0.15, -0.1) is 23.1 Å². The molecule has 5 nitrogen and oxygen atoms in total. The Kier molecular flexibility index (Phi) is 6.75. The summed E-state index contributed by atoms with van der Waals surface area (Å²) in [5, 5.41) is 3.55. The molecule has 7 heteroatoms. The van der Waals surface area contributed by atoms with E-state index in [-0.39, 0.29) is 5.91 Å². The molecule has 2 heterocycles. The van der Waals surface area contributed by atoms with Gasteiger partial charge >= 0.3 is 5.97 Å². The third-order valence-electron chi connectivity index (χ3n) is 5.35. The molecular formula is C24H24N2O3S2. The Morgan fingerprint density at radius 3 is 2.61 bits per heavy atom. The van der Waals surface area contributed by atoms with Crippen LogP contribution in [0.5, 0.6) is 0 Å². The Hall–Kier alpha value is -2.61. The van der Waals surface area contributed by atoms with E-state index in [1.165, 1.54) is 35.8 Å². The van der Waals surface area contributed by atoms with Crippen molar-refractivity contribution in [3.05, 3.63) is 81.7 Å². The van der Waals surface area contributed by atoms with Crippen LogP contribution in [0.1, 0.15) is 36.7 Å². The molecule has 1 aliphatic heterocycles. The molecule has 31 heavy (non-hydrogen) atoms. The number of esters is 1. The number of nitrogens with one attached hydrogen (secondary N) is 1. The van der Waals surface area contributed by atoms with Crippen molar-refractivity contribution in [2.24, 2.45) is 0 Å². The fraction of sp³-hybridized carbons (Fsp3) is 0.250. The predicted octanol–water partition coefficient (Wildman–Crippen LogP) is 5.07. The van der Waals surface area contributed by atoms with Gasteiger partial charge in [-0.2, -0.15) is 0 Å². The summed E-state index contributed by atoms with van der Waals surface area (Å²) in [6.45, 7) is 2.45. The quantitative estimate of drug-likeness (QED) is 0.418. The van der Waals surface area contributed by atoms with E-state index in [0.29, 0.717) is 16.1 Å². The van der Waals surface area contributed by atoms with E-state index in [0.717, 1.165) is 41.4 Å². The highest BCUT2D eigenvalue weighted by molar-refractivity contribution is 7.98. The number of anilines is 1. The Morgan fingerprint density at radius 2 is 1.87 bits per heavy atom. The molecule has 160 valence electrons. The smallest absolute Gasteiger partial charge is 0.341 e. The highest BCUT2D eigenvalue weighted by Gasteiger charge is 2.29. The first-order chi connectivity index (χ1) is 15.1. The van der Waals surface area contributed by atoms with Crippen molar-refractivity contribution in [1.82, 2.24) is 4.90 Å². The SMILES string of the molecule is COC(=O)c1c(NC(=O)c2ccccc2SC)sc2c1CCN(Cc1ccccc1)C2. The van der Waals surface area contributed by atoms with Crippen LogP contribution in [-0.4, -0.2) is 36.7 Å². The molecular weight excluding hydrogens is 428 g/mol. The molecule has 2 aromatic carbocycles. The van der Waals surface area contributed by atoms with Crippen molar-refractivity contribution >= 4 is 40.0 Å². The van der Waals surface area contributed by atoms with Gasteiger partial charge in [0.15, 0.2) is 0 Å². The van der Waals surface area contributed by atoms with Gasteiger partial charge < -0.3 is 10.1 Å². The van der Waals surface area contributed by atoms with E-state index in [1.807, 2.05) is 42.7 Å². The maximum Gasteiger partial charge on any atom is 0.341 e. The Morgan fingerprint density at radius 1 is 1.13 bits per heavy atom. The van der Waals surface area contributed by atoms with Gasteiger partial charge in [-0.25, -0.2) is 4.79 Å². The maximum atomic E-state index is 13.0. The Bertz CT molecular complexity index is 1100. The number of benzene rings is 2. The molecule has 0 saturated heterocycles. The minimum absolute atomic E-state index is 0.213. The Labute approximate surface area is 190 Å². The minimum atomic E-state index is -0.400. The van der Waals surface area contributed by atoms with E-state index in [2.05, 4.69) is 22.3 Å². The monoisotopic (exact) mass is 452 g/mol. The second kappa shape index (κ2) is 9.68. The fourth-order valence-electron chi connectivity index (χ4n) is 3.84.